The molecule has 2 heterocycles. The lowest BCUT2D eigenvalue weighted by Crippen LogP contribution is -2.40. The van der Waals surface area contributed by atoms with Crippen LogP contribution in [0.3, 0.4) is 0 Å². The van der Waals surface area contributed by atoms with E-state index in [0.717, 1.165) is 35.3 Å². The van der Waals surface area contributed by atoms with Crippen LogP contribution in [0.25, 0.3) is 11.3 Å². The smallest absolute Gasteiger partial charge is 0.260 e. The summed E-state index contributed by atoms with van der Waals surface area (Å²) >= 11 is 0. The van der Waals surface area contributed by atoms with Crippen LogP contribution in [0.1, 0.15) is 36.1 Å². The second-order valence-corrected chi connectivity index (χ2v) is 8.16. The molecule has 0 unspecified atom stereocenters. The Morgan fingerprint density at radius 1 is 1.17 bits per heavy atom. The van der Waals surface area contributed by atoms with E-state index in [2.05, 4.69) is 36.2 Å². The van der Waals surface area contributed by atoms with Crippen LogP contribution in [-0.2, 0) is 22.6 Å². The van der Waals surface area contributed by atoms with Crippen LogP contribution in [0.15, 0.2) is 42.5 Å². The first-order valence-electron chi connectivity index (χ1n) is 10.4. The number of fused-ring (bicyclic) bond motifs is 2. The largest absolute Gasteiger partial charge is 0.487 e. The van der Waals surface area contributed by atoms with E-state index in [1.165, 1.54) is 5.56 Å². The Bertz CT molecular complexity index is 983. The zero-order valence-electron chi connectivity index (χ0n) is 17.4. The van der Waals surface area contributed by atoms with Crippen molar-refractivity contribution in [1.82, 2.24) is 4.90 Å². The van der Waals surface area contributed by atoms with Crippen LogP contribution in [0, 0.1) is 0 Å². The van der Waals surface area contributed by atoms with Gasteiger partial charge in [0.25, 0.3) is 5.91 Å². The van der Waals surface area contributed by atoms with Gasteiger partial charge in [0.05, 0.1) is 18.3 Å². The van der Waals surface area contributed by atoms with Crippen molar-refractivity contribution in [2.24, 2.45) is 0 Å². The van der Waals surface area contributed by atoms with E-state index in [4.69, 9.17) is 9.84 Å². The monoisotopic (exact) mass is 408 g/mol. The minimum absolute atomic E-state index is 0.127. The molecule has 2 aromatic carbocycles. The molecule has 2 aliphatic rings. The molecule has 0 spiro atoms. The number of para-hydroxylation sites is 1. The Morgan fingerprint density at radius 2 is 1.97 bits per heavy atom. The maximum Gasteiger partial charge on any atom is 0.260 e. The second-order valence-electron chi connectivity index (χ2n) is 8.16. The number of nitrogens with one attached hydrogen (secondary N) is 1. The van der Waals surface area contributed by atoms with E-state index in [9.17, 15) is 9.90 Å². The van der Waals surface area contributed by atoms with E-state index in [-0.39, 0.29) is 18.6 Å². The highest BCUT2D eigenvalue weighted by atomic mass is 16.5. The Balaban J connectivity index is 1.54. The summed E-state index contributed by atoms with van der Waals surface area (Å²) in [6.45, 7) is 5.64. The first-order chi connectivity index (χ1) is 14.5. The van der Waals surface area contributed by atoms with Gasteiger partial charge in [-0.1, -0.05) is 36.4 Å². The molecule has 0 saturated carbocycles. The normalized spacial score (nSPS) is 18.4. The molecule has 3 N–H and O–H groups in total. The van der Waals surface area contributed by atoms with Crippen molar-refractivity contribution in [2.75, 3.05) is 25.0 Å². The number of hydrogen-bond donors (Lipinski definition) is 3. The van der Waals surface area contributed by atoms with Crippen molar-refractivity contribution in [3.63, 3.8) is 0 Å². The number of rotatable bonds is 7. The van der Waals surface area contributed by atoms with Crippen LogP contribution in [0.4, 0.5) is 5.69 Å². The fourth-order valence-corrected chi connectivity index (χ4v) is 4.08. The van der Waals surface area contributed by atoms with Gasteiger partial charge in [0.15, 0.2) is 0 Å². The summed E-state index contributed by atoms with van der Waals surface area (Å²) in [5.74, 6) is 0.520. The van der Waals surface area contributed by atoms with Crippen molar-refractivity contribution in [3.05, 3.63) is 64.7 Å². The average Bonchev–Trinajstić information content (AvgIpc) is 3.29. The van der Waals surface area contributed by atoms with Crippen LogP contribution < -0.4 is 5.32 Å². The number of carbonyl (C=O) groups excluding carboxylic acids is 1. The van der Waals surface area contributed by atoms with Crippen LogP contribution in [-0.4, -0.2) is 52.9 Å². The highest BCUT2D eigenvalue weighted by molar-refractivity contribution is 6.36. The third-order valence-electron chi connectivity index (χ3n) is 5.76. The molecule has 158 valence electrons. The SMILES string of the molecule is CC(C)N(CCc1ccc2c(c1)COC2=C1C(=O)Nc2ccccc21)C[C@@H](O)CO. The predicted molar refractivity (Wildman–Crippen MR) is 117 cm³/mol. The van der Waals surface area contributed by atoms with Crippen molar-refractivity contribution < 1.29 is 19.7 Å². The summed E-state index contributed by atoms with van der Waals surface area (Å²) in [6, 6.07) is 14.2. The lowest BCUT2D eigenvalue weighted by atomic mass is 9.98. The maximum absolute atomic E-state index is 12.6. The van der Waals surface area contributed by atoms with Gasteiger partial charge in [0.2, 0.25) is 0 Å². The Labute approximate surface area is 176 Å². The van der Waals surface area contributed by atoms with Gasteiger partial charge in [-0.3, -0.25) is 9.69 Å². The van der Waals surface area contributed by atoms with Crippen molar-refractivity contribution in [3.8, 4) is 0 Å². The summed E-state index contributed by atoms with van der Waals surface area (Å²) in [6.07, 6.45) is 0.106. The zero-order valence-corrected chi connectivity index (χ0v) is 17.4. The first-order valence-corrected chi connectivity index (χ1v) is 10.4. The molecule has 0 bridgehead atoms. The molecule has 30 heavy (non-hydrogen) atoms. The standard InChI is InChI=1S/C24H28N2O4/c1-15(2)26(12-18(28)13-27)10-9-16-7-8-19-17(11-16)14-30-23(19)22-20-5-3-4-6-21(20)25-24(22)29/h3-8,11,15,18,27-28H,9-10,12-14H2,1-2H3,(H,25,29)/t18-/m1/s1. The highest BCUT2D eigenvalue weighted by Gasteiger charge is 2.32. The third-order valence-corrected chi connectivity index (χ3v) is 5.76. The number of carbonyl (C=O) groups is 1. The van der Waals surface area contributed by atoms with E-state index in [1.54, 1.807) is 0 Å². The quantitative estimate of drug-likeness (QED) is 0.614. The van der Waals surface area contributed by atoms with Crippen molar-refractivity contribution in [1.29, 1.82) is 0 Å². The second kappa shape index (κ2) is 8.60. The highest BCUT2D eigenvalue weighted by Crippen LogP contribution is 2.41. The van der Waals surface area contributed by atoms with Crippen LogP contribution in [0.2, 0.25) is 0 Å². The number of benzene rings is 2. The van der Waals surface area contributed by atoms with E-state index >= 15 is 0 Å². The van der Waals surface area contributed by atoms with Gasteiger partial charge in [-0.05, 0) is 31.9 Å². The summed E-state index contributed by atoms with van der Waals surface area (Å²) in [7, 11) is 0. The minimum Gasteiger partial charge on any atom is -0.487 e. The van der Waals surface area contributed by atoms with Gasteiger partial charge >= 0.3 is 0 Å². The average molecular weight is 408 g/mol. The molecule has 6 nitrogen and oxygen atoms in total. The molecule has 0 aromatic heterocycles. The van der Waals surface area contributed by atoms with Crippen LogP contribution in [0.5, 0.6) is 0 Å². The zero-order chi connectivity index (χ0) is 21.3. The molecule has 0 saturated heterocycles. The molecule has 4 rings (SSSR count). The molecule has 2 aliphatic heterocycles. The Hall–Kier alpha value is -2.67. The fraction of sp³-hybridized carbons (Fsp3) is 0.375. The first kappa shape index (κ1) is 20.6. The minimum atomic E-state index is -0.726. The number of nitrogens with zero attached hydrogens (tertiary/aromatic N) is 1. The number of amides is 1. The summed E-state index contributed by atoms with van der Waals surface area (Å²) < 4.78 is 5.97. The Kier molecular flexibility index (Phi) is 5.90. The molecule has 0 radical (unpaired) electrons. The van der Waals surface area contributed by atoms with Gasteiger partial charge in [0.1, 0.15) is 12.4 Å². The molecule has 0 fully saturated rings. The number of aliphatic hydroxyl groups excluding tert-OH is 2. The number of aliphatic hydroxyl groups is 2. The van der Waals surface area contributed by atoms with Gasteiger partial charge in [0, 0.05) is 41.5 Å². The van der Waals surface area contributed by atoms with E-state index in [0.29, 0.717) is 24.5 Å². The van der Waals surface area contributed by atoms with Gasteiger partial charge in [-0.2, -0.15) is 0 Å². The third kappa shape index (κ3) is 3.99. The van der Waals surface area contributed by atoms with Gasteiger partial charge in [-0.15, -0.1) is 0 Å². The van der Waals surface area contributed by atoms with E-state index in [1.807, 2.05) is 30.3 Å². The fourth-order valence-electron chi connectivity index (χ4n) is 4.08. The predicted octanol–water partition coefficient (Wildman–Crippen LogP) is 2.64. The number of hydrogen-bond acceptors (Lipinski definition) is 5. The molecular weight excluding hydrogens is 380 g/mol. The Morgan fingerprint density at radius 3 is 2.73 bits per heavy atom. The van der Waals surface area contributed by atoms with Crippen LogP contribution >= 0.6 is 0 Å². The van der Waals surface area contributed by atoms with Gasteiger partial charge < -0.3 is 20.3 Å². The molecule has 1 atom stereocenters. The molecule has 1 amide bonds. The number of ether oxygens (including phenoxy) is 1. The number of anilines is 1. The summed E-state index contributed by atoms with van der Waals surface area (Å²) in [5.41, 5.74) is 5.53. The molecular formula is C24H28N2O4. The topological polar surface area (TPSA) is 82.0 Å². The molecule has 0 aliphatic carbocycles. The summed E-state index contributed by atoms with van der Waals surface area (Å²) in [4.78, 5) is 14.7. The lowest BCUT2D eigenvalue weighted by Gasteiger charge is -2.28. The van der Waals surface area contributed by atoms with E-state index < -0.39 is 6.10 Å². The van der Waals surface area contributed by atoms with Crippen molar-refractivity contribution in [2.45, 2.75) is 39.0 Å². The lowest BCUT2D eigenvalue weighted by molar-refractivity contribution is -0.110. The van der Waals surface area contributed by atoms with Crippen molar-refractivity contribution >= 4 is 22.9 Å². The molecule has 2 aromatic rings. The maximum atomic E-state index is 12.6. The summed E-state index contributed by atoms with van der Waals surface area (Å²) in [5, 5.41) is 21.8. The molecule has 6 heteroatoms. The van der Waals surface area contributed by atoms with Gasteiger partial charge in [-0.25, -0.2) is 0 Å².